The minimum absolute atomic E-state index is 0.140. The third-order valence-corrected chi connectivity index (χ3v) is 4.90. The number of nitro groups is 1. The SMILES string of the molecule is O=C(c1cccc([N+](=O)[O-])c1)n1nc(-c2cccnc2)nc1NCc1cccs1. The molecule has 1 aromatic carbocycles. The lowest BCUT2D eigenvalue weighted by molar-refractivity contribution is -0.384. The van der Waals surface area contributed by atoms with Crippen LogP contribution in [0.15, 0.2) is 66.3 Å². The van der Waals surface area contributed by atoms with Crippen molar-refractivity contribution in [3.05, 3.63) is 86.9 Å². The molecule has 9 nitrogen and oxygen atoms in total. The highest BCUT2D eigenvalue weighted by Gasteiger charge is 2.20. The van der Waals surface area contributed by atoms with Gasteiger partial charge in [0.15, 0.2) is 5.82 Å². The minimum Gasteiger partial charge on any atom is -0.349 e. The molecule has 0 spiro atoms. The fourth-order valence-corrected chi connectivity index (χ4v) is 3.28. The van der Waals surface area contributed by atoms with E-state index in [0.29, 0.717) is 17.9 Å². The number of carbonyl (C=O) groups excluding carboxylic acids is 1. The minimum atomic E-state index is -0.546. The van der Waals surface area contributed by atoms with Gasteiger partial charge in [-0.15, -0.1) is 16.4 Å². The van der Waals surface area contributed by atoms with E-state index in [1.807, 2.05) is 17.5 Å². The number of rotatable bonds is 6. The summed E-state index contributed by atoms with van der Waals surface area (Å²) in [4.78, 5) is 33.1. The van der Waals surface area contributed by atoms with E-state index in [1.165, 1.54) is 24.3 Å². The van der Waals surface area contributed by atoms with Gasteiger partial charge in [0.1, 0.15) is 0 Å². The van der Waals surface area contributed by atoms with Crippen LogP contribution in [0.4, 0.5) is 11.6 Å². The fraction of sp³-hybridized carbons (Fsp3) is 0.0526. The van der Waals surface area contributed by atoms with Crippen LogP contribution in [0, 0.1) is 10.1 Å². The first kappa shape index (κ1) is 18.4. The number of carbonyl (C=O) groups is 1. The standard InChI is InChI=1S/C19H14N6O3S/c26-18(13-4-1-6-15(10-13)25(27)28)24-19(21-12-16-7-3-9-29-16)22-17(23-24)14-5-2-8-20-11-14/h1-11H,12H2,(H,21,22,23). The monoisotopic (exact) mass is 406 g/mol. The zero-order valence-corrected chi connectivity index (χ0v) is 15.7. The second-order valence-electron chi connectivity index (χ2n) is 5.96. The van der Waals surface area contributed by atoms with Crippen LogP contribution in [0.1, 0.15) is 15.2 Å². The number of nitrogens with zero attached hydrogens (tertiary/aromatic N) is 5. The average molecular weight is 406 g/mol. The number of hydrogen-bond donors (Lipinski definition) is 1. The maximum absolute atomic E-state index is 13.0. The molecule has 0 aliphatic heterocycles. The third-order valence-electron chi connectivity index (χ3n) is 4.02. The van der Waals surface area contributed by atoms with Crippen molar-refractivity contribution in [2.45, 2.75) is 6.54 Å². The van der Waals surface area contributed by atoms with Crippen molar-refractivity contribution >= 4 is 28.9 Å². The van der Waals surface area contributed by atoms with Crippen LogP contribution in [-0.4, -0.2) is 30.6 Å². The van der Waals surface area contributed by atoms with Gasteiger partial charge in [0.2, 0.25) is 5.95 Å². The lowest BCUT2D eigenvalue weighted by Crippen LogP contribution is -2.17. The van der Waals surface area contributed by atoms with Crippen molar-refractivity contribution in [3.63, 3.8) is 0 Å². The molecule has 4 rings (SSSR count). The van der Waals surface area contributed by atoms with E-state index in [0.717, 1.165) is 9.56 Å². The number of pyridine rings is 1. The van der Waals surface area contributed by atoms with E-state index in [9.17, 15) is 14.9 Å². The number of nitro benzene ring substituents is 1. The first-order chi connectivity index (χ1) is 14.1. The first-order valence-corrected chi connectivity index (χ1v) is 9.42. The third kappa shape index (κ3) is 4.01. The predicted octanol–water partition coefficient (Wildman–Crippen LogP) is 3.61. The maximum Gasteiger partial charge on any atom is 0.281 e. The highest BCUT2D eigenvalue weighted by molar-refractivity contribution is 7.09. The Labute approximate surface area is 168 Å². The highest BCUT2D eigenvalue weighted by Crippen LogP contribution is 2.21. The molecular formula is C19H14N6O3S. The Balaban J connectivity index is 1.71. The summed E-state index contributed by atoms with van der Waals surface area (Å²) >= 11 is 1.57. The summed E-state index contributed by atoms with van der Waals surface area (Å²) < 4.78 is 1.12. The van der Waals surface area contributed by atoms with E-state index in [4.69, 9.17) is 0 Å². The van der Waals surface area contributed by atoms with Crippen LogP contribution in [0.3, 0.4) is 0 Å². The van der Waals surface area contributed by atoms with Gasteiger partial charge in [-0.1, -0.05) is 12.1 Å². The Bertz CT molecular complexity index is 1160. The number of non-ortho nitro benzene ring substituents is 1. The largest absolute Gasteiger partial charge is 0.349 e. The van der Waals surface area contributed by atoms with Crippen LogP contribution < -0.4 is 5.32 Å². The summed E-state index contributed by atoms with van der Waals surface area (Å²) in [6.07, 6.45) is 3.23. The molecule has 0 radical (unpaired) electrons. The Kier molecular flexibility index (Phi) is 5.08. The summed E-state index contributed by atoms with van der Waals surface area (Å²) in [5, 5.41) is 20.4. The van der Waals surface area contributed by atoms with Crippen molar-refractivity contribution in [2.24, 2.45) is 0 Å². The molecule has 0 fully saturated rings. The van der Waals surface area contributed by atoms with Crippen molar-refractivity contribution in [2.75, 3.05) is 5.32 Å². The molecule has 0 bridgehead atoms. The summed E-state index contributed by atoms with van der Waals surface area (Å²) in [6, 6.07) is 12.9. The Morgan fingerprint density at radius 2 is 2.10 bits per heavy atom. The molecule has 0 saturated heterocycles. The number of benzene rings is 1. The first-order valence-electron chi connectivity index (χ1n) is 8.54. The van der Waals surface area contributed by atoms with Gasteiger partial charge < -0.3 is 5.32 Å². The number of anilines is 1. The summed E-state index contributed by atoms with van der Waals surface area (Å²) in [6.45, 7) is 0.463. The van der Waals surface area contributed by atoms with Gasteiger partial charge in [0.05, 0.1) is 11.5 Å². The zero-order valence-electron chi connectivity index (χ0n) is 14.9. The Morgan fingerprint density at radius 1 is 1.21 bits per heavy atom. The smallest absolute Gasteiger partial charge is 0.281 e. The molecule has 3 aromatic heterocycles. The van der Waals surface area contributed by atoms with E-state index >= 15 is 0 Å². The van der Waals surface area contributed by atoms with Crippen molar-refractivity contribution in [1.82, 2.24) is 19.7 Å². The molecule has 0 saturated carbocycles. The molecule has 0 aliphatic carbocycles. The van der Waals surface area contributed by atoms with Crippen LogP contribution >= 0.6 is 11.3 Å². The van der Waals surface area contributed by atoms with Crippen LogP contribution in [0.25, 0.3) is 11.4 Å². The zero-order chi connectivity index (χ0) is 20.2. The highest BCUT2D eigenvalue weighted by atomic mass is 32.1. The normalized spacial score (nSPS) is 10.6. The van der Waals surface area contributed by atoms with E-state index in [2.05, 4.69) is 20.4 Å². The number of thiophene rings is 1. The molecule has 0 unspecified atom stereocenters. The van der Waals surface area contributed by atoms with E-state index < -0.39 is 10.8 Å². The molecule has 4 aromatic rings. The van der Waals surface area contributed by atoms with Crippen LogP contribution in [0.5, 0.6) is 0 Å². The van der Waals surface area contributed by atoms with Gasteiger partial charge in [0, 0.05) is 40.5 Å². The van der Waals surface area contributed by atoms with Gasteiger partial charge in [0.25, 0.3) is 11.6 Å². The molecule has 0 amide bonds. The topological polar surface area (TPSA) is 116 Å². The maximum atomic E-state index is 13.0. The fourth-order valence-electron chi connectivity index (χ4n) is 2.64. The molecule has 3 heterocycles. The second kappa shape index (κ2) is 7.98. The van der Waals surface area contributed by atoms with Gasteiger partial charge in [-0.3, -0.25) is 19.9 Å². The molecule has 1 N–H and O–H groups in total. The Hall–Kier alpha value is -3.92. The molecule has 144 valence electrons. The van der Waals surface area contributed by atoms with Crippen molar-refractivity contribution in [1.29, 1.82) is 0 Å². The lowest BCUT2D eigenvalue weighted by Gasteiger charge is -2.06. The van der Waals surface area contributed by atoms with Crippen LogP contribution in [-0.2, 0) is 6.54 Å². The number of nitrogens with one attached hydrogen (secondary N) is 1. The van der Waals surface area contributed by atoms with Gasteiger partial charge >= 0.3 is 0 Å². The predicted molar refractivity (Wildman–Crippen MR) is 108 cm³/mol. The summed E-state index contributed by atoms with van der Waals surface area (Å²) in [7, 11) is 0. The van der Waals surface area contributed by atoms with Gasteiger partial charge in [-0.05, 0) is 29.6 Å². The van der Waals surface area contributed by atoms with E-state index in [-0.39, 0.29) is 17.2 Å². The molecule has 10 heteroatoms. The molecule has 29 heavy (non-hydrogen) atoms. The number of aromatic nitrogens is 4. The lowest BCUT2D eigenvalue weighted by atomic mass is 10.2. The number of hydrogen-bond acceptors (Lipinski definition) is 8. The summed E-state index contributed by atoms with van der Waals surface area (Å²) in [5.74, 6) is 0.0457. The Morgan fingerprint density at radius 3 is 2.83 bits per heavy atom. The second-order valence-corrected chi connectivity index (χ2v) is 6.99. The van der Waals surface area contributed by atoms with Gasteiger partial charge in [-0.25, -0.2) is 0 Å². The van der Waals surface area contributed by atoms with Crippen LogP contribution in [0.2, 0.25) is 0 Å². The summed E-state index contributed by atoms with van der Waals surface area (Å²) in [5.41, 5.74) is 0.620. The molecular weight excluding hydrogens is 392 g/mol. The van der Waals surface area contributed by atoms with Gasteiger partial charge in [-0.2, -0.15) is 9.67 Å². The molecule has 0 atom stereocenters. The van der Waals surface area contributed by atoms with E-state index in [1.54, 1.807) is 35.9 Å². The molecule has 0 aliphatic rings. The van der Waals surface area contributed by atoms with Crippen molar-refractivity contribution in [3.8, 4) is 11.4 Å². The van der Waals surface area contributed by atoms with Crippen molar-refractivity contribution < 1.29 is 9.72 Å². The average Bonchev–Trinajstić information content (AvgIpc) is 3.42. The quantitative estimate of drug-likeness (QED) is 0.384.